The highest BCUT2D eigenvalue weighted by Gasteiger charge is 2.51. The Kier molecular flexibility index (Phi) is 8.44. The maximum atomic E-state index is 2.65. The van der Waals surface area contributed by atoms with Crippen molar-refractivity contribution in [2.75, 3.05) is 4.90 Å². The first-order valence-electron chi connectivity index (χ1n) is 21.4. The van der Waals surface area contributed by atoms with Gasteiger partial charge in [0, 0.05) is 26.9 Å². The maximum Gasteiger partial charge on any atom is 0.249 e. The van der Waals surface area contributed by atoms with E-state index in [2.05, 4.69) is 228 Å². The molecule has 60 heavy (non-hydrogen) atoms. The quantitative estimate of drug-likeness (QED) is 0.163. The van der Waals surface area contributed by atoms with E-state index in [1.807, 2.05) is 11.8 Å². The minimum absolute atomic E-state index is 0.0196. The van der Waals surface area contributed by atoms with Crippen LogP contribution in [0, 0.1) is 0 Å². The van der Waals surface area contributed by atoms with E-state index in [1.54, 1.807) is 0 Å². The second-order valence-corrected chi connectivity index (χ2v) is 23.7. The van der Waals surface area contributed by atoms with Gasteiger partial charge in [-0.15, -0.1) is 0 Å². The van der Waals surface area contributed by atoms with E-state index in [0.717, 1.165) is 0 Å². The monoisotopic (exact) mass is 805 g/mol. The van der Waals surface area contributed by atoms with Gasteiger partial charge in [0.15, 0.2) is 8.07 Å². The van der Waals surface area contributed by atoms with Gasteiger partial charge < -0.3 is 4.90 Å². The zero-order chi connectivity index (χ0) is 41.0. The first-order chi connectivity index (χ1) is 29.0. The Morgan fingerprint density at radius 2 is 1.05 bits per heavy atom. The highest BCUT2D eigenvalue weighted by Crippen LogP contribution is 2.45. The van der Waals surface area contributed by atoms with Gasteiger partial charge in [-0.3, -0.25) is 0 Å². The Morgan fingerprint density at radius 1 is 0.450 bits per heavy atom. The van der Waals surface area contributed by atoms with Crippen molar-refractivity contribution in [3.63, 3.8) is 0 Å². The molecule has 1 nitrogen and oxygen atoms in total. The van der Waals surface area contributed by atoms with E-state index in [9.17, 15) is 0 Å². The molecule has 0 radical (unpaired) electrons. The van der Waals surface area contributed by atoms with E-state index in [4.69, 9.17) is 0 Å². The van der Waals surface area contributed by atoms with Crippen LogP contribution in [0.5, 0.6) is 0 Å². The first kappa shape index (κ1) is 37.2. The Bertz CT molecular complexity index is 2920. The van der Waals surface area contributed by atoms with E-state index < -0.39 is 8.07 Å². The number of rotatable bonds is 4. The first-order valence-corrected chi connectivity index (χ1v) is 24.2. The average Bonchev–Trinajstić information content (AvgIpc) is 3.55. The normalized spacial score (nSPS) is 14.5. The second-order valence-electron chi connectivity index (χ2n) is 18.9. The summed E-state index contributed by atoms with van der Waals surface area (Å²) in [6, 6.07) is 70.1. The lowest BCUT2D eigenvalue weighted by molar-refractivity contribution is 0.590. The van der Waals surface area contributed by atoms with Crippen LogP contribution < -0.4 is 42.0 Å². The van der Waals surface area contributed by atoms with Crippen molar-refractivity contribution in [2.24, 2.45) is 0 Å². The largest absolute Gasteiger partial charge is 0.311 e. The molecule has 11 rings (SSSR count). The molecule has 0 fully saturated rings. The highest BCUT2D eigenvalue weighted by molar-refractivity contribution is 8.00. The van der Waals surface area contributed by atoms with Crippen LogP contribution in [0.15, 0.2) is 192 Å². The SMILES string of the molecule is CC(C)(C)c1ccc(N2c3cc4c(cc3B3c5cc(C(C)(C)C)ccc5Sc5cc(-c6ccccc6)cc2c53)-c2ccccc2[Si]4(c2ccccc2)c2ccccc2)cc1. The summed E-state index contributed by atoms with van der Waals surface area (Å²) in [7, 11) is -2.77. The van der Waals surface area contributed by atoms with Crippen molar-refractivity contribution in [1.82, 2.24) is 0 Å². The van der Waals surface area contributed by atoms with Crippen molar-refractivity contribution in [2.45, 2.75) is 62.2 Å². The maximum absolute atomic E-state index is 2.77. The van der Waals surface area contributed by atoms with E-state index in [0.29, 0.717) is 0 Å². The molecular weight excluding hydrogens is 758 g/mol. The predicted molar refractivity (Wildman–Crippen MR) is 262 cm³/mol. The average molecular weight is 806 g/mol. The predicted octanol–water partition coefficient (Wildman–Crippen LogP) is 10.1. The van der Waals surface area contributed by atoms with Crippen LogP contribution in [0.4, 0.5) is 17.1 Å². The summed E-state index contributed by atoms with van der Waals surface area (Å²) in [4.78, 5) is 5.32. The molecule has 3 aliphatic rings. The summed E-state index contributed by atoms with van der Waals surface area (Å²) in [5.74, 6) is 0. The molecule has 0 saturated heterocycles. The third-order valence-electron chi connectivity index (χ3n) is 13.3. The van der Waals surface area contributed by atoms with Gasteiger partial charge in [0.05, 0.1) is 0 Å². The van der Waals surface area contributed by atoms with Crippen molar-refractivity contribution in [3.8, 4) is 22.3 Å². The Balaban J connectivity index is 1.28. The molecule has 0 aliphatic carbocycles. The zero-order valence-electron chi connectivity index (χ0n) is 35.3. The Hall–Kier alpha value is -5.81. The van der Waals surface area contributed by atoms with Crippen LogP contribution in [0.25, 0.3) is 22.3 Å². The van der Waals surface area contributed by atoms with Crippen molar-refractivity contribution in [1.29, 1.82) is 0 Å². The molecule has 0 aromatic heterocycles. The number of anilines is 3. The fraction of sp³-hybridized carbons (Fsp3) is 0.143. The smallest absolute Gasteiger partial charge is 0.249 e. The minimum Gasteiger partial charge on any atom is -0.311 e. The van der Waals surface area contributed by atoms with Crippen LogP contribution in [0.3, 0.4) is 0 Å². The Labute approximate surface area is 361 Å². The fourth-order valence-electron chi connectivity index (χ4n) is 10.3. The summed E-state index contributed by atoms with van der Waals surface area (Å²) >= 11 is 1.94. The van der Waals surface area contributed by atoms with Gasteiger partial charge in [0.25, 0.3) is 0 Å². The Morgan fingerprint density at radius 3 is 1.70 bits per heavy atom. The van der Waals surface area contributed by atoms with E-state index in [-0.39, 0.29) is 17.5 Å². The van der Waals surface area contributed by atoms with Crippen molar-refractivity contribution in [3.05, 3.63) is 193 Å². The van der Waals surface area contributed by atoms with E-state index in [1.165, 1.54) is 97.4 Å². The molecule has 0 N–H and O–H groups in total. The van der Waals surface area contributed by atoms with Crippen LogP contribution in [-0.4, -0.2) is 14.8 Å². The second kappa shape index (κ2) is 13.6. The summed E-state index contributed by atoms with van der Waals surface area (Å²) in [5, 5.41) is 5.78. The number of hydrogen-bond donors (Lipinski definition) is 0. The molecule has 4 heteroatoms. The van der Waals surface area contributed by atoms with Gasteiger partial charge in [-0.25, -0.2) is 0 Å². The summed E-state index contributed by atoms with van der Waals surface area (Å²) < 4.78 is 0. The number of nitrogens with zero attached hydrogens (tertiary/aromatic N) is 1. The summed E-state index contributed by atoms with van der Waals surface area (Å²) in [6.45, 7) is 14.0. The zero-order valence-corrected chi connectivity index (χ0v) is 37.1. The van der Waals surface area contributed by atoms with Crippen LogP contribution in [0.1, 0.15) is 52.7 Å². The molecule has 0 amide bonds. The number of hydrogen-bond acceptors (Lipinski definition) is 2. The van der Waals surface area contributed by atoms with Crippen LogP contribution in [-0.2, 0) is 10.8 Å². The lowest BCUT2D eigenvalue weighted by atomic mass is 9.34. The molecule has 0 atom stereocenters. The summed E-state index contributed by atoms with van der Waals surface area (Å²) in [6.07, 6.45) is 0. The van der Waals surface area contributed by atoms with Crippen LogP contribution in [0.2, 0.25) is 0 Å². The fourth-order valence-corrected chi connectivity index (χ4v) is 16.7. The van der Waals surface area contributed by atoms with E-state index >= 15 is 0 Å². The molecule has 0 unspecified atom stereocenters. The van der Waals surface area contributed by atoms with Gasteiger partial charge in [-0.1, -0.05) is 204 Å². The third kappa shape index (κ3) is 5.61. The van der Waals surface area contributed by atoms with Gasteiger partial charge in [0.1, 0.15) is 0 Å². The number of benzene rings is 8. The molecule has 0 spiro atoms. The molecule has 290 valence electrons. The van der Waals surface area contributed by atoms with Gasteiger partial charge in [-0.2, -0.15) is 0 Å². The highest BCUT2D eigenvalue weighted by atomic mass is 32.2. The molecular formula is C56H48BNSSi. The number of fused-ring (bicyclic) bond motifs is 7. The molecule has 0 bridgehead atoms. The van der Waals surface area contributed by atoms with Crippen LogP contribution >= 0.6 is 11.8 Å². The van der Waals surface area contributed by atoms with Gasteiger partial charge in [0.2, 0.25) is 6.71 Å². The summed E-state index contributed by atoms with van der Waals surface area (Å²) in [5.41, 5.74) is 16.0. The standard InChI is InChI=1S/C56H48BNSSi/c1-55(2,3)39-26-29-41(30-27-39)58-48-36-53-45(44-24-16-17-25-52(44)60(53,42-20-12-8-13-21-42)43-22-14-9-15-23-43)35-46(48)57-47-34-40(56(4,5)6)28-31-50(47)59-51-33-38(32-49(58)54(51)57)37-18-10-7-11-19-37/h7-36H,1-6H3. The molecule has 8 aromatic carbocycles. The lowest BCUT2D eigenvalue weighted by Gasteiger charge is -2.42. The molecule has 3 aliphatic heterocycles. The van der Waals surface area contributed by atoms with Crippen molar-refractivity contribution >= 4 is 80.7 Å². The topological polar surface area (TPSA) is 3.24 Å². The van der Waals surface area contributed by atoms with Crippen molar-refractivity contribution < 1.29 is 0 Å². The third-order valence-corrected chi connectivity index (χ3v) is 19.3. The van der Waals surface area contributed by atoms with Gasteiger partial charge >= 0.3 is 0 Å². The molecule has 0 saturated carbocycles. The molecule has 8 aromatic rings. The lowest BCUT2D eigenvalue weighted by Crippen LogP contribution is -2.73. The minimum atomic E-state index is -2.77. The molecule has 3 heterocycles. The van der Waals surface area contributed by atoms with Gasteiger partial charge in [-0.05, 0) is 112 Å².